The first kappa shape index (κ1) is 70.5. The van der Waals surface area contributed by atoms with Crippen molar-refractivity contribution in [2.45, 2.75) is 193 Å². The molecule has 13 heteroatoms. The van der Waals surface area contributed by atoms with E-state index >= 15 is 0 Å². The van der Waals surface area contributed by atoms with E-state index in [-0.39, 0.29) is 18.4 Å². The van der Waals surface area contributed by atoms with Gasteiger partial charge in [0.15, 0.2) is 24.9 Å². The maximum Gasteiger partial charge on any atom is 0.469 e. The van der Waals surface area contributed by atoms with E-state index in [9.17, 15) is 13.2 Å². The van der Waals surface area contributed by atoms with E-state index in [1.165, 1.54) is 159 Å². The Kier molecular flexibility index (Phi) is 22.3. The van der Waals surface area contributed by atoms with Gasteiger partial charge in [0.05, 0.1) is 0 Å². The third-order valence-electron chi connectivity index (χ3n) is 18.5. The largest absolute Gasteiger partial charge is 0.469 e. The van der Waals surface area contributed by atoms with Crippen molar-refractivity contribution in [1.82, 2.24) is 0 Å². The van der Waals surface area contributed by atoms with Crippen molar-refractivity contribution in [3.8, 4) is 28.7 Å². The fraction of sp³-hybridized carbons (Fsp3) is 0.434. The summed E-state index contributed by atoms with van der Waals surface area (Å²) >= 11 is 0. The van der Waals surface area contributed by atoms with Crippen LogP contribution in [0.2, 0.25) is 0 Å². The number of benzene rings is 7. The molecule has 2 saturated carbocycles. The number of halogens is 3. The molecule has 14 rings (SSSR count). The molecular weight excluding hydrogens is 1200 g/mol. The number of hydrogen-bond acceptors (Lipinski definition) is 5. The number of nitrogens with zero attached hydrogens (tertiary/aromatic N) is 5. The standard InChI is InChI=1S/C24H30NO.C21H24NO.C14H20NO.C13H18NO.C11H11F3NO/c1-16-10-18(3)22(19(4)11-16)14-25-15-26-24-21(12-17(2)13-23(24)25)20-8-6-5-7-9-20;1-16-12-19(18-10-6-3-7-11-18)21-20(13-16)22(15-23-21)14-17-8-4-2-5-9-17;1-10-6-11(2)13-12(7-10)15(9-16-13)8-14(3,4)5;1-9(2)7-14-8-15-13-11(4)5-10(3)6-12(13)14;1-7-3-8(2)10-9(4-7)15(6-16-10)5-11(12,13)14/h10-14,20H,5-9,15H2,1-4H3;2,4-5,8-9,12-14,18H,3,6-7,10-11,15H2,1H3;6-8H,9H2,1-5H3;5-7,9H,8H2,1-4H3;3-5H,6H2,1-2H3/q5*+1/b25-14-;22-14-;15-8-;14-7-;15-5-. The molecule has 0 atom stereocenters. The first-order valence-corrected chi connectivity index (χ1v) is 34.7. The van der Waals surface area contributed by atoms with Crippen LogP contribution in [0.25, 0.3) is 0 Å². The highest BCUT2D eigenvalue weighted by molar-refractivity contribution is 5.82. The lowest BCUT2D eigenvalue weighted by Gasteiger charge is -2.22. The average Bonchev–Trinajstić information content (AvgIpc) is 1.59. The highest BCUT2D eigenvalue weighted by Gasteiger charge is 2.38. The van der Waals surface area contributed by atoms with E-state index in [2.05, 4.69) is 231 Å². The SMILES string of the molecule is Cc1cc(C)c(/C=[N+]2/COc3c(C4CCCCC4)cc(C)cc32)c(C)c1.Cc1cc(C)c2c(c1)/[N+](=C\C(C)(C)C)CO2.Cc1cc(C)c2c(c1)/[N+](=C\C(C)C)CO2.Cc1cc(C)c2c(c1)/[N+](=C\C(F)(F)F)CO2.Cc1cc(C2CCCCC2)c2c(c1)/[N+](=C\c1ccccc1)CO2. The van der Waals surface area contributed by atoms with Gasteiger partial charge in [-0.05, 0) is 181 Å². The van der Waals surface area contributed by atoms with Crippen molar-refractivity contribution in [3.05, 3.63) is 187 Å². The highest BCUT2D eigenvalue weighted by Crippen LogP contribution is 2.47. The Morgan fingerprint density at radius 3 is 1.12 bits per heavy atom. The summed E-state index contributed by atoms with van der Waals surface area (Å²) in [4.78, 5) is 0. The van der Waals surface area contributed by atoms with Crippen molar-refractivity contribution in [2.24, 2.45) is 11.3 Å². The van der Waals surface area contributed by atoms with Gasteiger partial charge in [-0.1, -0.05) is 139 Å². The molecule has 0 aromatic heterocycles. The molecule has 0 bridgehead atoms. The van der Waals surface area contributed by atoms with Crippen molar-refractivity contribution < 1.29 is 59.7 Å². The Morgan fingerprint density at radius 1 is 0.385 bits per heavy atom. The third-order valence-corrected chi connectivity index (χ3v) is 18.5. The van der Waals surface area contributed by atoms with Gasteiger partial charge >= 0.3 is 6.18 Å². The third kappa shape index (κ3) is 17.6. The van der Waals surface area contributed by atoms with Crippen molar-refractivity contribution in [3.63, 3.8) is 0 Å². The maximum atomic E-state index is 12.2. The van der Waals surface area contributed by atoms with Crippen LogP contribution in [0, 0.1) is 87.5 Å². The second-order valence-electron chi connectivity index (χ2n) is 29.1. The predicted molar refractivity (Wildman–Crippen MR) is 385 cm³/mol. The molecule has 7 aromatic carbocycles. The Labute approximate surface area is 569 Å². The summed E-state index contributed by atoms with van der Waals surface area (Å²) in [5.74, 6) is 6.74. The van der Waals surface area contributed by atoms with E-state index in [0.29, 0.717) is 56.1 Å². The molecule has 10 nitrogen and oxygen atoms in total. The van der Waals surface area contributed by atoms with Crippen molar-refractivity contribution >= 4 is 59.5 Å². The fourth-order valence-corrected chi connectivity index (χ4v) is 14.6. The van der Waals surface area contributed by atoms with Crippen LogP contribution in [-0.4, -0.2) is 93.8 Å². The quantitative estimate of drug-likeness (QED) is 0.161. The van der Waals surface area contributed by atoms with Crippen LogP contribution in [-0.2, 0) is 0 Å². The number of aryl methyl sites for hydroxylation is 11. The lowest BCUT2D eigenvalue weighted by molar-refractivity contribution is -0.460. The zero-order chi connectivity index (χ0) is 68.8. The topological polar surface area (TPSA) is 61.2 Å². The van der Waals surface area contributed by atoms with E-state index in [1.54, 1.807) is 6.07 Å². The molecule has 5 aliphatic heterocycles. The molecule has 506 valence electrons. The number of rotatable bonds is 5. The van der Waals surface area contributed by atoms with Crippen LogP contribution in [0.15, 0.2) is 103 Å². The van der Waals surface area contributed by atoms with Gasteiger partial charge in [0.25, 0.3) is 68.3 Å². The number of ether oxygens (including phenoxy) is 5. The van der Waals surface area contributed by atoms with Gasteiger partial charge in [-0.25, -0.2) is 0 Å². The molecule has 2 aliphatic carbocycles. The van der Waals surface area contributed by atoms with Gasteiger partial charge < -0.3 is 23.7 Å². The summed E-state index contributed by atoms with van der Waals surface area (Å²) in [5, 5.41) is 0. The van der Waals surface area contributed by atoms with Crippen LogP contribution in [0.1, 0.15) is 194 Å². The van der Waals surface area contributed by atoms with Gasteiger partial charge in [-0.2, -0.15) is 36.0 Å². The van der Waals surface area contributed by atoms with Crippen LogP contribution in [0.5, 0.6) is 28.7 Å². The van der Waals surface area contributed by atoms with Crippen LogP contribution < -0.4 is 23.7 Å². The van der Waals surface area contributed by atoms with Gasteiger partial charge in [0, 0.05) is 63.9 Å². The summed E-state index contributed by atoms with van der Waals surface area (Å²) in [7, 11) is 0. The molecule has 2 fully saturated rings. The van der Waals surface area contributed by atoms with Crippen LogP contribution >= 0.6 is 0 Å². The molecular formula is C83H103F3N5O5+5. The lowest BCUT2D eigenvalue weighted by Crippen LogP contribution is -2.19. The fourth-order valence-electron chi connectivity index (χ4n) is 14.6. The van der Waals surface area contributed by atoms with E-state index in [1.807, 2.05) is 19.9 Å². The van der Waals surface area contributed by atoms with Gasteiger partial charge in [-0.15, -0.1) is 0 Å². The Bertz CT molecular complexity index is 4050. The summed E-state index contributed by atoms with van der Waals surface area (Å²) < 4.78 is 75.8. The van der Waals surface area contributed by atoms with Crippen LogP contribution in [0.3, 0.4) is 0 Å². The minimum atomic E-state index is -4.33. The molecule has 0 saturated heterocycles. The summed E-state index contributed by atoms with van der Waals surface area (Å²) in [5.41, 5.74) is 24.4. The smallest absolute Gasteiger partial charge is 0.429 e. The van der Waals surface area contributed by atoms with E-state index in [0.717, 1.165) is 38.7 Å². The molecule has 5 heterocycles. The molecule has 7 aliphatic rings. The molecule has 7 aromatic rings. The predicted octanol–water partition coefficient (Wildman–Crippen LogP) is 20.6. The first-order valence-electron chi connectivity index (χ1n) is 34.7. The lowest BCUT2D eigenvalue weighted by atomic mass is 9.83. The van der Waals surface area contributed by atoms with Crippen molar-refractivity contribution in [1.29, 1.82) is 0 Å². The second kappa shape index (κ2) is 30.4. The molecule has 0 amide bonds. The average molecular weight is 1310 g/mol. The monoisotopic (exact) mass is 1310 g/mol. The summed E-state index contributed by atoms with van der Waals surface area (Å²) in [6.45, 7) is 36.5. The molecule has 0 radical (unpaired) electrons. The first-order chi connectivity index (χ1) is 45.6. The Hall–Kier alpha value is -8.32. The maximum absolute atomic E-state index is 12.2. The summed E-state index contributed by atoms with van der Waals surface area (Å²) in [6, 6.07) is 36.5. The number of fused-ring (bicyclic) bond motifs is 5. The van der Waals surface area contributed by atoms with Crippen LogP contribution in [0.4, 0.5) is 41.6 Å². The molecule has 0 spiro atoms. The Balaban J connectivity index is 0.000000133. The summed E-state index contributed by atoms with van der Waals surface area (Å²) in [6.07, 6.45) is 18.2. The highest BCUT2D eigenvalue weighted by atomic mass is 19.4. The Morgan fingerprint density at radius 2 is 0.719 bits per heavy atom. The zero-order valence-corrected chi connectivity index (χ0v) is 60.0. The normalized spacial score (nSPS) is 18.3. The minimum absolute atomic E-state index is 0.0842. The van der Waals surface area contributed by atoms with Gasteiger partial charge in [0.1, 0.15) is 0 Å². The van der Waals surface area contributed by atoms with Gasteiger partial charge in [0.2, 0.25) is 28.7 Å². The van der Waals surface area contributed by atoms with Gasteiger partial charge in [-0.3, -0.25) is 0 Å². The number of alkyl halides is 3. The second-order valence-corrected chi connectivity index (χ2v) is 29.1. The van der Waals surface area contributed by atoms with Crippen molar-refractivity contribution in [2.75, 3.05) is 33.7 Å². The minimum Gasteiger partial charge on any atom is -0.429 e. The molecule has 0 unspecified atom stereocenters. The molecule has 96 heavy (non-hydrogen) atoms. The number of hydrogen-bond donors (Lipinski definition) is 0. The van der Waals surface area contributed by atoms with E-state index < -0.39 is 6.18 Å². The van der Waals surface area contributed by atoms with E-state index in [4.69, 9.17) is 23.7 Å². The zero-order valence-electron chi connectivity index (χ0n) is 60.0. The molecule has 0 N–H and O–H groups in total.